The maximum atomic E-state index is 15.3. The van der Waals surface area contributed by atoms with Crippen LogP contribution in [-0.2, 0) is 9.53 Å². The van der Waals surface area contributed by atoms with E-state index in [1.807, 2.05) is 32.9 Å². The van der Waals surface area contributed by atoms with Gasteiger partial charge in [0.15, 0.2) is 0 Å². The van der Waals surface area contributed by atoms with E-state index in [9.17, 15) is 9.18 Å². The number of halogens is 3. The Morgan fingerprint density at radius 2 is 1.59 bits per heavy atom. The highest BCUT2D eigenvalue weighted by Crippen LogP contribution is 2.36. The zero-order chi connectivity index (χ0) is 19.6. The first kappa shape index (κ1) is 23.1. The van der Waals surface area contributed by atoms with E-state index in [0.717, 1.165) is 22.3 Å². The Morgan fingerprint density at radius 3 is 2.11 bits per heavy atom. The minimum Gasteiger partial charge on any atom is -0.466 e. The Morgan fingerprint density at radius 1 is 1.04 bits per heavy atom. The summed E-state index contributed by atoms with van der Waals surface area (Å²) in [6, 6.07) is 4.30. The van der Waals surface area contributed by atoms with E-state index in [-0.39, 0.29) is 36.6 Å². The average Bonchev–Trinajstić information content (AvgIpc) is 2.51. The van der Waals surface area contributed by atoms with Crippen molar-refractivity contribution < 1.29 is 18.3 Å². The van der Waals surface area contributed by atoms with E-state index in [1.165, 1.54) is 6.07 Å². The van der Waals surface area contributed by atoms with E-state index in [4.69, 9.17) is 10.5 Å². The van der Waals surface area contributed by atoms with Crippen LogP contribution in [0.4, 0.5) is 8.78 Å². The smallest absolute Gasteiger partial charge is 0.307 e. The maximum absolute atomic E-state index is 15.3. The Balaban J connectivity index is 0.00000364. The van der Waals surface area contributed by atoms with Crippen LogP contribution in [0.1, 0.15) is 47.2 Å². The molecule has 1 atom stereocenters. The van der Waals surface area contributed by atoms with Crippen LogP contribution < -0.4 is 5.73 Å². The monoisotopic (exact) mass is 397 g/mol. The molecule has 2 N–H and O–H groups in total. The minimum absolute atomic E-state index is 0. The fourth-order valence-electron chi connectivity index (χ4n) is 3.41. The molecule has 6 heteroatoms. The molecule has 2 aromatic rings. The highest BCUT2D eigenvalue weighted by Gasteiger charge is 2.25. The lowest BCUT2D eigenvalue weighted by Gasteiger charge is -2.19. The number of carbonyl (C=O) groups excluding carboxylic acids is 1. The van der Waals surface area contributed by atoms with Gasteiger partial charge in [-0.1, -0.05) is 17.7 Å². The second kappa shape index (κ2) is 9.29. The van der Waals surface area contributed by atoms with Gasteiger partial charge in [-0.15, -0.1) is 12.4 Å². The van der Waals surface area contributed by atoms with Crippen LogP contribution in [0.3, 0.4) is 0 Å². The molecule has 0 fully saturated rings. The van der Waals surface area contributed by atoms with Gasteiger partial charge in [-0.05, 0) is 62.9 Å². The van der Waals surface area contributed by atoms with E-state index < -0.39 is 23.6 Å². The van der Waals surface area contributed by atoms with Crippen LogP contribution in [0.2, 0.25) is 0 Å². The largest absolute Gasteiger partial charge is 0.466 e. The van der Waals surface area contributed by atoms with Crippen molar-refractivity contribution in [2.75, 3.05) is 6.61 Å². The second-order valence-corrected chi connectivity index (χ2v) is 6.67. The summed E-state index contributed by atoms with van der Waals surface area (Å²) < 4.78 is 34.8. The molecule has 0 saturated carbocycles. The van der Waals surface area contributed by atoms with Crippen molar-refractivity contribution in [3.8, 4) is 11.1 Å². The van der Waals surface area contributed by atoms with Gasteiger partial charge in [-0.3, -0.25) is 4.79 Å². The third kappa shape index (κ3) is 4.85. The molecule has 0 aliphatic carbocycles. The van der Waals surface area contributed by atoms with Crippen molar-refractivity contribution in [3.05, 3.63) is 57.7 Å². The van der Waals surface area contributed by atoms with Crippen molar-refractivity contribution in [3.63, 3.8) is 0 Å². The summed E-state index contributed by atoms with van der Waals surface area (Å²) in [5.41, 5.74) is 9.87. The number of aryl methyl sites for hydroxylation is 4. The predicted molar refractivity (Wildman–Crippen MR) is 106 cm³/mol. The molecule has 0 bridgehead atoms. The van der Waals surface area contributed by atoms with Crippen LogP contribution in [-0.4, -0.2) is 12.6 Å². The van der Waals surface area contributed by atoms with Crippen molar-refractivity contribution in [1.82, 2.24) is 0 Å². The summed E-state index contributed by atoms with van der Waals surface area (Å²) in [6.45, 7) is 9.18. The summed E-state index contributed by atoms with van der Waals surface area (Å²) in [7, 11) is 0. The molecular weight excluding hydrogens is 372 g/mol. The molecule has 0 heterocycles. The van der Waals surface area contributed by atoms with E-state index >= 15 is 4.39 Å². The van der Waals surface area contributed by atoms with Gasteiger partial charge in [0.05, 0.1) is 13.0 Å². The molecule has 3 nitrogen and oxygen atoms in total. The first-order valence-electron chi connectivity index (χ1n) is 8.65. The fourth-order valence-corrected chi connectivity index (χ4v) is 3.41. The molecule has 0 unspecified atom stereocenters. The van der Waals surface area contributed by atoms with Crippen LogP contribution in [0.5, 0.6) is 0 Å². The van der Waals surface area contributed by atoms with Crippen LogP contribution in [0.25, 0.3) is 11.1 Å². The second-order valence-electron chi connectivity index (χ2n) is 6.67. The summed E-state index contributed by atoms with van der Waals surface area (Å²) in [5.74, 6) is -2.02. The number of esters is 1. The Labute approximate surface area is 165 Å². The quantitative estimate of drug-likeness (QED) is 0.702. The molecule has 27 heavy (non-hydrogen) atoms. The molecule has 0 saturated heterocycles. The normalized spacial score (nSPS) is 11.7. The lowest BCUT2D eigenvalue weighted by Crippen LogP contribution is -2.20. The highest BCUT2D eigenvalue weighted by molar-refractivity contribution is 5.85. The third-order valence-corrected chi connectivity index (χ3v) is 4.43. The predicted octanol–water partition coefficient (Wildman–Crippen LogP) is 5.24. The van der Waals surface area contributed by atoms with Gasteiger partial charge in [-0.25, -0.2) is 8.78 Å². The summed E-state index contributed by atoms with van der Waals surface area (Å²) in [6.07, 6.45) is -0.281. The number of ether oxygens (including phenoxy) is 1. The van der Waals surface area contributed by atoms with Crippen LogP contribution in [0, 0.1) is 39.3 Å². The van der Waals surface area contributed by atoms with Gasteiger partial charge >= 0.3 is 5.97 Å². The molecule has 148 valence electrons. The SMILES string of the molecule is CCOC(=O)C[C@H](N)c1c(F)c(C)cc(-c2c(C)cc(C)cc2C)c1F.Cl. The molecule has 0 radical (unpaired) electrons. The number of benzene rings is 2. The third-order valence-electron chi connectivity index (χ3n) is 4.43. The maximum Gasteiger partial charge on any atom is 0.307 e. The topological polar surface area (TPSA) is 52.3 Å². The summed E-state index contributed by atoms with van der Waals surface area (Å²) in [4.78, 5) is 11.7. The molecule has 0 aromatic heterocycles. The first-order chi connectivity index (χ1) is 12.2. The van der Waals surface area contributed by atoms with Gasteiger partial charge in [0.25, 0.3) is 0 Å². The van der Waals surface area contributed by atoms with Gasteiger partial charge in [0, 0.05) is 17.2 Å². The Hall–Kier alpha value is -1.98. The van der Waals surface area contributed by atoms with Crippen molar-refractivity contribution in [2.45, 2.75) is 47.1 Å². The molecule has 2 rings (SSSR count). The molecule has 2 aromatic carbocycles. The first-order valence-corrected chi connectivity index (χ1v) is 8.65. The summed E-state index contributed by atoms with van der Waals surface area (Å²) >= 11 is 0. The number of rotatable bonds is 5. The lowest BCUT2D eigenvalue weighted by molar-refractivity contribution is -0.143. The van der Waals surface area contributed by atoms with E-state index in [0.29, 0.717) is 5.56 Å². The number of carbonyl (C=O) groups is 1. The van der Waals surface area contributed by atoms with Crippen LogP contribution >= 0.6 is 12.4 Å². The zero-order valence-electron chi connectivity index (χ0n) is 16.3. The molecule has 0 aliphatic heterocycles. The number of nitrogens with two attached hydrogens (primary N) is 1. The van der Waals surface area contributed by atoms with Crippen molar-refractivity contribution in [1.29, 1.82) is 0 Å². The summed E-state index contributed by atoms with van der Waals surface area (Å²) in [5, 5.41) is 0. The van der Waals surface area contributed by atoms with E-state index in [1.54, 1.807) is 13.8 Å². The molecular formula is C21H26ClF2NO2. The Bertz CT molecular complexity index is 830. The molecule has 0 spiro atoms. The van der Waals surface area contributed by atoms with Crippen molar-refractivity contribution in [2.24, 2.45) is 5.73 Å². The van der Waals surface area contributed by atoms with Crippen molar-refractivity contribution >= 4 is 18.4 Å². The van der Waals surface area contributed by atoms with E-state index in [2.05, 4.69) is 0 Å². The van der Waals surface area contributed by atoms with Crippen LogP contribution in [0.15, 0.2) is 18.2 Å². The Kier molecular flexibility index (Phi) is 7.93. The minimum atomic E-state index is -1.11. The fraction of sp³-hybridized carbons (Fsp3) is 0.381. The molecule has 0 aliphatic rings. The number of hydrogen-bond donors (Lipinski definition) is 1. The average molecular weight is 398 g/mol. The lowest BCUT2D eigenvalue weighted by atomic mass is 9.89. The molecule has 0 amide bonds. The van der Waals surface area contributed by atoms with Gasteiger partial charge < -0.3 is 10.5 Å². The zero-order valence-corrected chi connectivity index (χ0v) is 17.1. The highest BCUT2D eigenvalue weighted by atomic mass is 35.5. The van der Waals surface area contributed by atoms with Gasteiger partial charge in [0.1, 0.15) is 11.6 Å². The standard InChI is InChI=1S/C21H25F2NO2.ClH/c1-6-26-17(25)10-16(24)19-20(22)14(5)9-15(21(19)23)18-12(3)7-11(2)8-13(18)4;/h7-9,16H,6,10,24H2,1-5H3;1H/t16-;/m0./s1. The van der Waals surface area contributed by atoms with Gasteiger partial charge in [-0.2, -0.15) is 0 Å². The number of hydrogen-bond acceptors (Lipinski definition) is 3. The van der Waals surface area contributed by atoms with Gasteiger partial charge in [0.2, 0.25) is 0 Å².